The van der Waals surface area contributed by atoms with E-state index in [2.05, 4.69) is 46.3 Å². The third-order valence-corrected chi connectivity index (χ3v) is 13.5. The molecule has 2 saturated carbocycles. The molecule has 2 saturated heterocycles. The van der Waals surface area contributed by atoms with Crippen molar-refractivity contribution in [3.63, 3.8) is 0 Å². The number of carbonyl (C=O) groups is 3. The summed E-state index contributed by atoms with van der Waals surface area (Å²) >= 11 is 0. The highest BCUT2D eigenvalue weighted by Crippen LogP contribution is 2.55. The van der Waals surface area contributed by atoms with Crippen molar-refractivity contribution in [3.8, 4) is 17.0 Å². The minimum Gasteiger partial charge on any atom is -0.507 e. The van der Waals surface area contributed by atoms with Gasteiger partial charge in [-0.1, -0.05) is 32.9 Å². The normalized spacial score (nSPS) is 27.8. The van der Waals surface area contributed by atoms with Crippen molar-refractivity contribution in [2.75, 3.05) is 48.7 Å². The van der Waals surface area contributed by atoms with Gasteiger partial charge in [-0.15, -0.1) is 10.2 Å². The second kappa shape index (κ2) is 16.5. The number of anilines is 3. The number of nitrogens with zero attached hydrogens (tertiary/aromatic N) is 6. The average Bonchev–Trinajstić information content (AvgIpc) is 3.62. The average molecular weight is 811 g/mol. The van der Waals surface area contributed by atoms with Gasteiger partial charge in [0.1, 0.15) is 17.8 Å². The van der Waals surface area contributed by atoms with Gasteiger partial charge in [-0.25, -0.2) is 14.8 Å². The number of carboxylic acids is 1. The largest absolute Gasteiger partial charge is 0.507 e. The predicted octanol–water partition coefficient (Wildman–Crippen LogP) is 4.05. The lowest BCUT2D eigenvalue weighted by Gasteiger charge is -2.55. The summed E-state index contributed by atoms with van der Waals surface area (Å²) in [5.41, 5.74) is 2.88. The fourth-order valence-electron chi connectivity index (χ4n) is 9.99. The molecule has 0 unspecified atom stereocenters. The molecule has 59 heavy (non-hydrogen) atoms. The van der Waals surface area contributed by atoms with Crippen LogP contribution in [0.1, 0.15) is 90.0 Å². The van der Waals surface area contributed by atoms with Crippen LogP contribution in [0.4, 0.5) is 17.5 Å². The van der Waals surface area contributed by atoms with Crippen LogP contribution in [-0.2, 0) is 14.4 Å². The molecule has 5 heterocycles. The molecule has 316 valence electrons. The van der Waals surface area contributed by atoms with Crippen LogP contribution in [0.2, 0.25) is 0 Å². The number of aromatic nitrogens is 4. The number of benzene rings is 1. The Hall–Kier alpha value is -5.09. The number of β-amino-alcohol motifs (C(OH)–C–C–N with tert-alkyl or cyclic N) is 1. The van der Waals surface area contributed by atoms with Crippen molar-refractivity contribution in [1.82, 2.24) is 35.3 Å². The van der Waals surface area contributed by atoms with E-state index in [1.54, 1.807) is 12.1 Å². The predicted molar refractivity (Wildman–Crippen MR) is 222 cm³/mol. The molecule has 7 N–H and O–H groups in total. The van der Waals surface area contributed by atoms with E-state index in [0.717, 1.165) is 70.1 Å². The highest BCUT2D eigenvalue weighted by molar-refractivity contribution is 5.92. The Bertz CT molecular complexity index is 2000. The molecule has 4 atom stereocenters. The van der Waals surface area contributed by atoms with Crippen molar-refractivity contribution >= 4 is 35.2 Å². The molecule has 8 rings (SSSR count). The first-order valence-electron chi connectivity index (χ1n) is 21.2. The monoisotopic (exact) mass is 810 g/mol. The Morgan fingerprint density at radius 3 is 2.41 bits per heavy atom. The number of aliphatic hydroxyl groups excluding tert-OH is 1. The first kappa shape index (κ1) is 40.7. The Morgan fingerprint density at radius 2 is 1.73 bits per heavy atom. The number of carboxylic acid groups (broad SMARTS) is 1. The topological polar surface area (TPSA) is 218 Å². The van der Waals surface area contributed by atoms with Gasteiger partial charge in [-0.05, 0) is 105 Å². The second-order valence-electron chi connectivity index (χ2n) is 18.6. The number of rotatable bonds is 10. The van der Waals surface area contributed by atoms with E-state index in [0.29, 0.717) is 48.1 Å². The summed E-state index contributed by atoms with van der Waals surface area (Å²) in [4.78, 5) is 52.1. The molecular formula is C43H58N10O6. The fourth-order valence-corrected chi connectivity index (χ4v) is 9.99. The van der Waals surface area contributed by atoms with Gasteiger partial charge in [-0.3, -0.25) is 9.59 Å². The van der Waals surface area contributed by atoms with Crippen molar-refractivity contribution in [2.45, 2.75) is 115 Å². The first-order valence-corrected chi connectivity index (χ1v) is 21.2. The lowest BCUT2D eigenvalue weighted by Crippen LogP contribution is -2.58. The number of fused-ring (bicyclic) bond motifs is 1. The van der Waals surface area contributed by atoms with Crippen LogP contribution in [0, 0.1) is 16.7 Å². The SMILES string of the molecule is CC(C)(C)[C@H](NC(=O)C1CCC2(CC1)CC(N1CCC(c3cnc(NC[C@@H]4CNc5nnc(-c6ccccc6O)cc5N4)nc3)CC1)C2)C(=O)N1C[C@H](O)C[C@H]1C(=O)O. The third kappa shape index (κ3) is 8.79. The molecule has 0 bridgehead atoms. The Kier molecular flexibility index (Phi) is 11.4. The van der Waals surface area contributed by atoms with Crippen molar-refractivity contribution in [2.24, 2.45) is 16.7 Å². The van der Waals surface area contributed by atoms with E-state index in [9.17, 15) is 29.7 Å². The molecule has 1 aromatic carbocycles. The Morgan fingerprint density at radius 1 is 1.02 bits per heavy atom. The van der Waals surface area contributed by atoms with Gasteiger partial charge in [0.15, 0.2) is 5.82 Å². The molecular weight excluding hydrogens is 753 g/mol. The van der Waals surface area contributed by atoms with Crippen LogP contribution in [0.15, 0.2) is 42.7 Å². The van der Waals surface area contributed by atoms with E-state index >= 15 is 0 Å². The number of aromatic hydroxyl groups is 1. The van der Waals surface area contributed by atoms with E-state index in [-0.39, 0.29) is 42.0 Å². The molecule has 1 spiro atoms. The molecule has 5 aliphatic rings. The maximum absolute atomic E-state index is 13.6. The van der Waals surface area contributed by atoms with Gasteiger partial charge in [0.05, 0.1) is 23.5 Å². The quantitative estimate of drug-likeness (QED) is 0.154. The van der Waals surface area contributed by atoms with Gasteiger partial charge < -0.3 is 46.4 Å². The third-order valence-electron chi connectivity index (χ3n) is 13.5. The van der Waals surface area contributed by atoms with E-state index in [4.69, 9.17) is 0 Å². The fraction of sp³-hybridized carbons (Fsp3) is 0.605. The molecule has 4 fully saturated rings. The highest BCUT2D eigenvalue weighted by Gasteiger charge is 2.50. The van der Waals surface area contributed by atoms with Gasteiger partial charge >= 0.3 is 5.97 Å². The molecule has 3 aromatic rings. The number of para-hydroxylation sites is 1. The molecule has 2 aromatic heterocycles. The van der Waals surface area contributed by atoms with Crippen LogP contribution in [-0.4, -0.2) is 126 Å². The maximum Gasteiger partial charge on any atom is 0.326 e. The maximum atomic E-state index is 13.6. The van der Waals surface area contributed by atoms with Gasteiger partial charge in [0.25, 0.3) is 0 Å². The minimum atomic E-state index is -1.14. The summed E-state index contributed by atoms with van der Waals surface area (Å²) in [6.07, 6.45) is 11.1. The van der Waals surface area contributed by atoms with E-state index in [1.165, 1.54) is 10.5 Å². The summed E-state index contributed by atoms with van der Waals surface area (Å²) < 4.78 is 0. The lowest BCUT2D eigenvalue weighted by atomic mass is 9.56. The zero-order valence-corrected chi connectivity index (χ0v) is 34.2. The van der Waals surface area contributed by atoms with Crippen LogP contribution >= 0.6 is 0 Å². The second-order valence-corrected chi connectivity index (χ2v) is 18.6. The number of nitrogens with one attached hydrogen (secondary N) is 4. The van der Waals surface area contributed by atoms with Crippen LogP contribution in [0.25, 0.3) is 11.3 Å². The molecule has 3 aliphatic heterocycles. The van der Waals surface area contributed by atoms with Gasteiger partial charge in [0, 0.05) is 56.0 Å². The van der Waals surface area contributed by atoms with Gasteiger partial charge in [-0.2, -0.15) is 0 Å². The zero-order chi connectivity index (χ0) is 41.5. The number of hydrogen-bond donors (Lipinski definition) is 7. The number of aliphatic carboxylic acids is 1. The van der Waals surface area contributed by atoms with Crippen molar-refractivity contribution < 1.29 is 29.7 Å². The molecule has 2 amide bonds. The summed E-state index contributed by atoms with van der Waals surface area (Å²) in [6.45, 7) is 8.93. The number of phenols is 1. The number of phenolic OH excluding ortho intramolecular Hbond substituents is 1. The number of hydrogen-bond acceptors (Lipinski definition) is 13. The standard InChI is InChI=1S/C43H58N10O6/c1-42(2,3)36(39(57)53-24-30(54)16-34(53)40(58)59)49-38(56)26-8-12-43(13-9-26)18-29(19-43)52-14-10-25(11-15-52)27-20-45-41(46-21-27)47-23-28-22-44-37-33(48-28)17-32(50-51-37)31-6-4-5-7-35(31)55/h4-7,17,20-21,25-26,28-30,34,36,48,54-55H,8-16,18-19,22-24H2,1-3H3,(H,44,51)(H,49,56)(H,58,59)(H,45,46,47)/t26?,28-,29?,30+,34-,36+,43?/m0/s1. The number of carbonyl (C=O) groups excluding carboxylic acids is 2. The van der Waals surface area contributed by atoms with E-state index < -0.39 is 35.5 Å². The Labute approximate surface area is 345 Å². The van der Waals surface area contributed by atoms with Crippen LogP contribution in [0.3, 0.4) is 0 Å². The lowest BCUT2D eigenvalue weighted by molar-refractivity contribution is -0.151. The highest BCUT2D eigenvalue weighted by atomic mass is 16.4. The van der Waals surface area contributed by atoms with Crippen LogP contribution < -0.4 is 21.3 Å². The van der Waals surface area contributed by atoms with Crippen molar-refractivity contribution in [3.05, 3.63) is 48.3 Å². The zero-order valence-electron chi connectivity index (χ0n) is 34.2. The van der Waals surface area contributed by atoms with Gasteiger partial charge in [0.2, 0.25) is 17.8 Å². The molecule has 16 heteroatoms. The molecule has 2 aliphatic carbocycles. The van der Waals surface area contributed by atoms with Crippen molar-refractivity contribution in [1.29, 1.82) is 0 Å². The summed E-state index contributed by atoms with van der Waals surface area (Å²) in [6, 6.07) is 7.66. The van der Waals surface area contributed by atoms with Crippen LogP contribution in [0.5, 0.6) is 5.75 Å². The molecule has 0 radical (unpaired) electrons. The number of piperidine rings is 1. The molecule has 16 nitrogen and oxygen atoms in total. The smallest absolute Gasteiger partial charge is 0.326 e. The van der Waals surface area contributed by atoms with E-state index in [1.807, 2.05) is 51.4 Å². The summed E-state index contributed by atoms with van der Waals surface area (Å²) in [5, 5.41) is 51.8. The number of aliphatic hydroxyl groups is 1. The number of amides is 2. The minimum absolute atomic E-state index is 0.00483. The Balaban J connectivity index is 0.759. The first-order chi connectivity index (χ1) is 28.2. The summed E-state index contributed by atoms with van der Waals surface area (Å²) in [7, 11) is 0. The number of likely N-dealkylation sites (tertiary alicyclic amines) is 2. The summed E-state index contributed by atoms with van der Waals surface area (Å²) in [5.74, 6) is -0.0311.